The van der Waals surface area contributed by atoms with Gasteiger partial charge in [0.15, 0.2) is 0 Å². The topological polar surface area (TPSA) is 81.0 Å². The number of carbonyl (C=O) groups excluding carboxylic acids is 1. The molecule has 1 aliphatic heterocycles. The first kappa shape index (κ1) is 19.0. The second-order valence-corrected chi connectivity index (χ2v) is 6.64. The number of hydrogen-bond donors (Lipinski definition) is 1. The van der Waals surface area contributed by atoms with E-state index in [4.69, 9.17) is 14.6 Å². The van der Waals surface area contributed by atoms with E-state index in [1.807, 2.05) is 48.7 Å². The van der Waals surface area contributed by atoms with E-state index >= 15 is 0 Å². The minimum Gasteiger partial charge on any atom is -0.497 e. The van der Waals surface area contributed by atoms with Gasteiger partial charge in [-0.25, -0.2) is 0 Å². The Kier molecular flexibility index (Phi) is 5.51. The maximum absolute atomic E-state index is 13.2. The van der Waals surface area contributed by atoms with Crippen LogP contribution in [0.2, 0.25) is 0 Å². The quantitative estimate of drug-likeness (QED) is 0.872. The van der Waals surface area contributed by atoms with Crippen molar-refractivity contribution in [1.82, 2.24) is 9.47 Å². The molecule has 1 aromatic carbocycles. The molecule has 1 N–H and O–H groups in total. The number of carboxylic acid groups (broad SMARTS) is 1. The normalized spacial score (nSPS) is 17.0. The maximum Gasteiger partial charge on any atom is 0.305 e. The summed E-state index contributed by atoms with van der Waals surface area (Å²) in [4.78, 5) is 25.9. The van der Waals surface area contributed by atoms with Gasteiger partial charge in [0.25, 0.3) is 5.91 Å². The molecule has 2 aromatic rings. The Hall–Kier alpha value is -2.80. The first-order valence-corrected chi connectivity index (χ1v) is 8.86. The van der Waals surface area contributed by atoms with E-state index in [2.05, 4.69) is 0 Å². The third kappa shape index (κ3) is 3.83. The molecule has 1 fully saturated rings. The second-order valence-electron chi connectivity index (χ2n) is 6.64. The summed E-state index contributed by atoms with van der Waals surface area (Å²) in [6.45, 7) is 4.90. The lowest BCUT2D eigenvalue weighted by Crippen LogP contribution is -2.49. The number of morpholine rings is 1. The fourth-order valence-electron chi connectivity index (χ4n) is 3.56. The van der Waals surface area contributed by atoms with Crippen LogP contribution in [0.4, 0.5) is 0 Å². The molecule has 0 bridgehead atoms. The van der Waals surface area contributed by atoms with Crippen molar-refractivity contribution in [2.45, 2.75) is 26.3 Å². The standard InChI is InChI=1S/C20H24N2O5/c1-13-10-18(14(2)22(13)15-4-6-17(26-3)7-5-15)20(25)21-8-9-27-12-16(21)11-19(23)24/h4-7,10,16H,8-9,11-12H2,1-3H3,(H,23,24). The number of aliphatic carboxylic acids is 1. The molecule has 0 saturated carbocycles. The highest BCUT2D eigenvalue weighted by atomic mass is 16.5. The zero-order valence-corrected chi connectivity index (χ0v) is 15.8. The van der Waals surface area contributed by atoms with Gasteiger partial charge in [0.05, 0.1) is 38.3 Å². The van der Waals surface area contributed by atoms with Crippen molar-refractivity contribution in [1.29, 1.82) is 0 Å². The lowest BCUT2D eigenvalue weighted by molar-refractivity contribution is -0.139. The fourth-order valence-corrected chi connectivity index (χ4v) is 3.56. The Morgan fingerprint density at radius 3 is 2.59 bits per heavy atom. The van der Waals surface area contributed by atoms with Gasteiger partial charge in [0, 0.05) is 23.6 Å². The average molecular weight is 372 g/mol. The molecule has 1 aliphatic rings. The number of hydrogen-bond acceptors (Lipinski definition) is 4. The molecule has 1 amide bonds. The highest BCUT2D eigenvalue weighted by molar-refractivity contribution is 5.96. The zero-order chi connectivity index (χ0) is 19.6. The Bertz CT molecular complexity index is 841. The molecule has 0 aliphatic carbocycles. The number of aryl methyl sites for hydroxylation is 1. The molecule has 1 atom stereocenters. The van der Waals surface area contributed by atoms with E-state index in [9.17, 15) is 9.59 Å². The number of nitrogens with zero attached hydrogens (tertiary/aromatic N) is 2. The first-order chi connectivity index (χ1) is 12.9. The maximum atomic E-state index is 13.2. The molecule has 144 valence electrons. The SMILES string of the molecule is COc1ccc(-n2c(C)cc(C(=O)N3CCOCC3CC(=O)O)c2C)cc1. The molecule has 7 nitrogen and oxygen atoms in total. The van der Waals surface area contributed by atoms with Crippen LogP contribution in [0.25, 0.3) is 5.69 Å². The lowest BCUT2D eigenvalue weighted by atomic mass is 10.1. The summed E-state index contributed by atoms with van der Waals surface area (Å²) in [5.74, 6) is -0.327. The first-order valence-electron chi connectivity index (χ1n) is 8.86. The monoisotopic (exact) mass is 372 g/mol. The number of methoxy groups -OCH3 is 1. The molecule has 2 heterocycles. The molecule has 27 heavy (non-hydrogen) atoms. The molecular weight excluding hydrogens is 348 g/mol. The Morgan fingerprint density at radius 2 is 1.96 bits per heavy atom. The van der Waals surface area contributed by atoms with Gasteiger partial charge < -0.3 is 24.0 Å². The number of amides is 1. The average Bonchev–Trinajstić information content (AvgIpc) is 2.95. The van der Waals surface area contributed by atoms with E-state index in [0.29, 0.717) is 18.7 Å². The van der Waals surface area contributed by atoms with Gasteiger partial charge in [-0.3, -0.25) is 9.59 Å². The van der Waals surface area contributed by atoms with Crippen LogP contribution >= 0.6 is 0 Å². The van der Waals surface area contributed by atoms with E-state index in [0.717, 1.165) is 22.8 Å². The van der Waals surface area contributed by atoms with Crippen LogP contribution in [0.1, 0.15) is 28.2 Å². The summed E-state index contributed by atoms with van der Waals surface area (Å²) in [7, 11) is 1.62. The van der Waals surface area contributed by atoms with Crippen LogP contribution in [0.15, 0.2) is 30.3 Å². The largest absolute Gasteiger partial charge is 0.497 e. The predicted octanol–water partition coefficient (Wildman–Crippen LogP) is 2.42. The van der Waals surface area contributed by atoms with Crippen molar-refractivity contribution >= 4 is 11.9 Å². The minimum absolute atomic E-state index is 0.122. The molecular formula is C20H24N2O5. The number of ether oxygens (including phenoxy) is 2. The minimum atomic E-state index is -0.938. The Morgan fingerprint density at radius 1 is 1.26 bits per heavy atom. The zero-order valence-electron chi connectivity index (χ0n) is 15.8. The van der Waals surface area contributed by atoms with Crippen LogP contribution in [-0.4, -0.2) is 59.4 Å². The second kappa shape index (κ2) is 7.84. The number of rotatable bonds is 5. The van der Waals surface area contributed by atoms with Gasteiger partial charge in [-0.1, -0.05) is 0 Å². The van der Waals surface area contributed by atoms with E-state index in [1.54, 1.807) is 12.0 Å². The molecule has 7 heteroatoms. The van der Waals surface area contributed by atoms with Gasteiger partial charge in [0.2, 0.25) is 0 Å². The van der Waals surface area contributed by atoms with E-state index < -0.39 is 12.0 Å². The molecule has 1 saturated heterocycles. The van der Waals surface area contributed by atoms with Crippen LogP contribution in [-0.2, 0) is 9.53 Å². The predicted molar refractivity (Wildman–Crippen MR) is 99.7 cm³/mol. The van der Waals surface area contributed by atoms with Crippen LogP contribution < -0.4 is 4.74 Å². The third-order valence-electron chi connectivity index (χ3n) is 4.89. The number of benzene rings is 1. The van der Waals surface area contributed by atoms with E-state index in [1.165, 1.54) is 0 Å². The van der Waals surface area contributed by atoms with Crippen molar-refractivity contribution in [2.24, 2.45) is 0 Å². The molecule has 1 unspecified atom stereocenters. The van der Waals surface area contributed by atoms with Crippen molar-refractivity contribution in [2.75, 3.05) is 26.9 Å². The van der Waals surface area contributed by atoms with Crippen LogP contribution in [0, 0.1) is 13.8 Å². The van der Waals surface area contributed by atoms with Gasteiger partial charge in [-0.15, -0.1) is 0 Å². The number of carboxylic acids is 1. The van der Waals surface area contributed by atoms with Gasteiger partial charge >= 0.3 is 5.97 Å². The summed E-state index contributed by atoms with van der Waals surface area (Å²) < 4.78 is 12.6. The lowest BCUT2D eigenvalue weighted by Gasteiger charge is -2.34. The smallest absolute Gasteiger partial charge is 0.305 e. The van der Waals surface area contributed by atoms with E-state index in [-0.39, 0.29) is 18.9 Å². The number of carbonyl (C=O) groups is 2. The molecule has 0 radical (unpaired) electrons. The Balaban J connectivity index is 1.92. The number of aromatic nitrogens is 1. The van der Waals surface area contributed by atoms with Crippen molar-refractivity contribution in [3.63, 3.8) is 0 Å². The summed E-state index contributed by atoms with van der Waals surface area (Å²) in [5.41, 5.74) is 3.28. The van der Waals surface area contributed by atoms with Gasteiger partial charge in [-0.2, -0.15) is 0 Å². The van der Waals surface area contributed by atoms with Crippen molar-refractivity contribution in [3.8, 4) is 11.4 Å². The molecule has 0 spiro atoms. The van der Waals surface area contributed by atoms with Crippen molar-refractivity contribution < 1.29 is 24.2 Å². The summed E-state index contributed by atoms with van der Waals surface area (Å²) in [6, 6.07) is 9.04. The summed E-state index contributed by atoms with van der Waals surface area (Å²) in [5, 5.41) is 9.12. The van der Waals surface area contributed by atoms with Gasteiger partial charge in [-0.05, 0) is 44.2 Å². The molecule has 1 aromatic heterocycles. The Labute approximate surface area is 158 Å². The third-order valence-corrected chi connectivity index (χ3v) is 4.89. The van der Waals surface area contributed by atoms with Gasteiger partial charge in [0.1, 0.15) is 5.75 Å². The van der Waals surface area contributed by atoms with Crippen molar-refractivity contribution in [3.05, 3.63) is 47.3 Å². The van der Waals surface area contributed by atoms with Crippen LogP contribution in [0.5, 0.6) is 5.75 Å². The summed E-state index contributed by atoms with van der Waals surface area (Å²) in [6.07, 6.45) is -0.122. The fraction of sp³-hybridized carbons (Fsp3) is 0.400. The highest BCUT2D eigenvalue weighted by Crippen LogP contribution is 2.25. The summed E-state index contributed by atoms with van der Waals surface area (Å²) >= 11 is 0. The highest BCUT2D eigenvalue weighted by Gasteiger charge is 2.31. The molecule has 3 rings (SSSR count). The van der Waals surface area contributed by atoms with Crippen LogP contribution in [0.3, 0.4) is 0 Å².